The molecule has 0 saturated carbocycles. The van der Waals surface area contributed by atoms with E-state index in [-0.39, 0.29) is 41.8 Å². The van der Waals surface area contributed by atoms with Crippen molar-refractivity contribution < 1.29 is 31.8 Å². The largest absolute Gasteiger partial charge is 0.418 e. The number of amides is 1. The topological polar surface area (TPSA) is 71.6 Å². The van der Waals surface area contributed by atoms with Crippen molar-refractivity contribution in [2.75, 3.05) is 29.1 Å². The van der Waals surface area contributed by atoms with Gasteiger partial charge < -0.3 is 25.4 Å². The number of ether oxygens (including phenoxy) is 2. The molecule has 1 amide bonds. The quantitative estimate of drug-likeness (QED) is 0.450. The fraction of sp³-hybridized carbons (Fsp3) is 0.318. The molecule has 2 heterocycles. The molecule has 2 aliphatic heterocycles. The van der Waals surface area contributed by atoms with E-state index >= 15 is 0 Å². The van der Waals surface area contributed by atoms with Gasteiger partial charge >= 0.3 is 6.18 Å². The van der Waals surface area contributed by atoms with Crippen LogP contribution in [-0.4, -0.2) is 30.9 Å². The molecule has 1 fully saturated rings. The molecule has 0 radical (unpaired) electrons. The normalized spacial score (nSPS) is 20.9. The molecule has 2 aromatic rings. The van der Waals surface area contributed by atoms with Crippen LogP contribution in [0.5, 0.6) is 0 Å². The van der Waals surface area contributed by atoms with Gasteiger partial charge in [-0.3, -0.25) is 4.79 Å². The maximum Gasteiger partial charge on any atom is 0.418 e. The SMILES string of the molecule is CC1(C)OCC(CNc2ccc(N/C=C3/C(=O)Nc4cccc(F)c43)cc2C(F)(F)F)O1. The summed E-state index contributed by atoms with van der Waals surface area (Å²) in [5, 5.41) is 7.96. The van der Waals surface area contributed by atoms with Gasteiger partial charge in [-0.2, -0.15) is 13.2 Å². The highest BCUT2D eigenvalue weighted by Crippen LogP contribution is 2.38. The van der Waals surface area contributed by atoms with Crippen molar-refractivity contribution in [2.45, 2.75) is 31.9 Å². The van der Waals surface area contributed by atoms with E-state index in [9.17, 15) is 22.4 Å². The van der Waals surface area contributed by atoms with Crippen LogP contribution in [0, 0.1) is 5.82 Å². The summed E-state index contributed by atoms with van der Waals surface area (Å²) in [6.45, 7) is 3.88. The molecule has 32 heavy (non-hydrogen) atoms. The van der Waals surface area contributed by atoms with Crippen molar-refractivity contribution in [3.63, 3.8) is 0 Å². The maximum atomic E-state index is 14.1. The number of carbonyl (C=O) groups excluding carboxylic acids is 1. The van der Waals surface area contributed by atoms with Gasteiger partial charge in [0.1, 0.15) is 11.9 Å². The zero-order chi connectivity index (χ0) is 23.1. The molecule has 2 aromatic carbocycles. The first kappa shape index (κ1) is 22.1. The van der Waals surface area contributed by atoms with Crippen molar-refractivity contribution >= 4 is 28.5 Å². The van der Waals surface area contributed by atoms with Crippen LogP contribution in [-0.2, 0) is 20.4 Å². The summed E-state index contributed by atoms with van der Waals surface area (Å²) in [5.74, 6) is -1.93. The van der Waals surface area contributed by atoms with Crippen molar-refractivity contribution in [1.29, 1.82) is 0 Å². The Labute approximate surface area is 181 Å². The lowest BCUT2D eigenvalue weighted by Gasteiger charge is -2.19. The number of carbonyl (C=O) groups is 1. The van der Waals surface area contributed by atoms with Gasteiger partial charge in [0.2, 0.25) is 0 Å². The molecule has 3 N–H and O–H groups in total. The van der Waals surface area contributed by atoms with E-state index in [1.165, 1.54) is 30.5 Å². The van der Waals surface area contributed by atoms with Crippen LogP contribution in [0.2, 0.25) is 0 Å². The number of hydrogen-bond donors (Lipinski definition) is 3. The standard InChI is InChI=1S/C22H21F4N3O3/c1-21(2)31-11-13(32-21)9-28-17-7-6-12(8-15(17)22(24,25)26)27-10-14-19-16(23)4-3-5-18(19)29-20(14)30/h3-8,10,13,27-28H,9,11H2,1-2H3,(H,29,30)/b14-10+. The molecule has 170 valence electrons. The Morgan fingerprint density at radius 1 is 1.25 bits per heavy atom. The molecule has 2 aliphatic rings. The van der Waals surface area contributed by atoms with Gasteiger partial charge in [-0.15, -0.1) is 0 Å². The number of rotatable bonds is 5. The fourth-order valence-corrected chi connectivity index (χ4v) is 3.61. The predicted octanol–water partition coefficient (Wildman–Crippen LogP) is 4.81. The average Bonchev–Trinajstić information content (AvgIpc) is 3.23. The molecular formula is C22H21F4N3O3. The van der Waals surface area contributed by atoms with E-state index in [0.29, 0.717) is 5.69 Å². The Bertz CT molecular complexity index is 1080. The van der Waals surface area contributed by atoms with E-state index in [2.05, 4.69) is 16.0 Å². The number of halogens is 4. The minimum atomic E-state index is -4.62. The Morgan fingerprint density at radius 2 is 2.03 bits per heavy atom. The molecular weight excluding hydrogens is 430 g/mol. The van der Waals surface area contributed by atoms with Gasteiger partial charge in [-0.1, -0.05) is 6.07 Å². The third kappa shape index (κ3) is 4.56. The summed E-state index contributed by atoms with van der Waals surface area (Å²) in [4.78, 5) is 12.1. The maximum absolute atomic E-state index is 14.1. The number of fused-ring (bicyclic) bond motifs is 1. The third-order valence-electron chi connectivity index (χ3n) is 5.07. The Kier molecular flexibility index (Phi) is 5.59. The molecule has 1 unspecified atom stereocenters. The van der Waals surface area contributed by atoms with Gasteiger partial charge in [-0.25, -0.2) is 4.39 Å². The van der Waals surface area contributed by atoms with Crippen LogP contribution in [0.25, 0.3) is 5.57 Å². The number of alkyl halides is 3. The van der Waals surface area contributed by atoms with E-state index in [4.69, 9.17) is 9.47 Å². The zero-order valence-electron chi connectivity index (χ0n) is 17.3. The van der Waals surface area contributed by atoms with Crippen LogP contribution in [0.4, 0.5) is 34.6 Å². The Morgan fingerprint density at radius 3 is 2.72 bits per heavy atom. The van der Waals surface area contributed by atoms with Crippen LogP contribution >= 0.6 is 0 Å². The number of hydrogen-bond acceptors (Lipinski definition) is 5. The van der Waals surface area contributed by atoms with Gasteiger partial charge in [0.15, 0.2) is 5.79 Å². The van der Waals surface area contributed by atoms with E-state index < -0.39 is 29.3 Å². The molecule has 6 nitrogen and oxygen atoms in total. The second kappa shape index (κ2) is 8.10. The number of nitrogens with one attached hydrogen (secondary N) is 3. The second-order valence-electron chi connectivity index (χ2n) is 7.91. The van der Waals surface area contributed by atoms with Gasteiger partial charge in [-0.05, 0) is 44.2 Å². The van der Waals surface area contributed by atoms with E-state index in [1.54, 1.807) is 19.9 Å². The van der Waals surface area contributed by atoms with Gasteiger partial charge in [0.25, 0.3) is 5.91 Å². The smallest absolute Gasteiger partial charge is 0.382 e. The molecule has 4 rings (SSSR count). The fourth-order valence-electron chi connectivity index (χ4n) is 3.61. The number of anilines is 3. The second-order valence-corrected chi connectivity index (χ2v) is 7.91. The first-order valence-electron chi connectivity index (χ1n) is 9.87. The van der Waals surface area contributed by atoms with Gasteiger partial charge in [0.05, 0.1) is 23.4 Å². The average molecular weight is 451 g/mol. The Balaban J connectivity index is 1.54. The van der Waals surface area contributed by atoms with Crippen LogP contribution in [0.1, 0.15) is 25.0 Å². The zero-order valence-corrected chi connectivity index (χ0v) is 17.3. The highest BCUT2D eigenvalue weighted by molar-refractivity contribution is 6.31. The first-order chi connectivity index (χ1) is 15.0. The van der Waals surface area contributed by atoms with Crippen molar-refractivity contribution in [3.05, 3.63) is 59.5 Å². The highest BCUT2D eigenvalue weighted by atomic mass is 19.4. The van der Waals surface area contributed by atoms with Crippen molar-refractivity contribution in [1.82, 2.24) is 0 Å². The molecule has 0 aromatic heterocycles. The van der Waals surface area contributed by atoms with Crippen LogP contribution in [0.15, 0.2) is 42.6 Å². The molecule has 1 atom stereocenters. The summed E-state index contributed by atoms with van der Waals surface area (Å²) in [5.41, 5.74) is -0.536. The van der Waals surface area contributed by atoms with Gasteiger partial charge in [0, 0.05) is 29.7 Å². The Hall–Kier alpha value is -3.11. The summed E-state index contributed by atoms with van der Waals surface area (Å²) in [6, 6.07) is 7.84. The molecule has 10 heteroatoms. The van der Waals surface area contributed by atoms with Crippen LogP contribution in [0.3, 0.4) is 0 Å². The lowest BCUT2D eigenvalue weighted by molar-refractivity contribution is -0.138. The molecule has 0 bridgehead atoms. The summed E-state index contributed by atoms with van der Waals surface area (Å²) in [7, 11) is 0. The minimum Gasteiger partial charge on any atom is -0.382 e. The van der Waals surface area contributed by atoms with E-state index in [0.717, 1.165) is 6.07 Å². The van der Waals surface area contributed by atoms with Crippen molar-refractivity contribution in [2.24, 2.45) is 0 Å². The summed E-state index contributed by atoms with van der Waals surface area (Å²) in [6.07, 6.45) is -3.81. The lowest BCUT2D eigenvalue weighted by atomic mass is 10.1. The lowest BCUT2D eigenvalue weighted by Crippen LogP contribution is -2.26. The first-order valence-corrected chi connectivity index (χ1v) is 9.87. The summed E-state index contributed by atoms with van der Waals surface area (Å²) >= 11 is 0. The predicted molar refractivity (Wildman–Crippen MR) is 111 cm³/mol. The van der Waals surface area contributed by atoms with Crippen LogP contribution < -0.4 is 16.0 Å². The molecule has 0 spiro atoms. The van der Waals surface area contributed by atoms with E-state index in [1.807, 2.05) is 0 Å². The molecule has 0 aliphatic carbocycles. The third-order valence-corrected chi connectivity index (χ3v) is 5.07. The summed E-state index contributed by atoms with van der Waals surface area (Å²) < 4.78 is 66.1. The number of benzene rings is 2. The van der Waals surface area contributed by atoms with Crippen molar-refractivity contribution in [3.8, 4) is 0 Å². The molecule has 1 saturated heterocycles. The monoisotopic (exact) mass is 451 g/mol. The minimum absolute atomic E-state index is 0.00476. The highest BCUT2D eigenvalue weighted by Gasteiger charge is 2.36.